The van der Waals surface area contributed by atoms with Crippen LogP contribution in [-0.2, 0) is 6.42 Å². The minimum atomic E-state index is -0.361. The lowest BCUT2D eigenvalue weighted by atomic mass is 10.2. The third kappa shape index (κ3) is 3.22. The molecular formula is C21H18FN5O. The molecule has 0 bridgehead atoms. The Morgan fingerprint density at radius 1 is 1.25 bits per heavy atom. The van der Waals surface area contributed by atoms with Gasteiger partial charge < -0.3 is 0 Å². The number of halogens is 1. The van der Waals surface area contributed by atoms with E-state index >= 15 is 0 Å². The molecule has 0 aliphatic heterocycles. The van der Waals surface area contributed by atoms with Gasteiger partial charge in [-0.15, -0.1) is 0 Å². The lowest BCUT2D eigenvalue weighted by molar-refractivity contribution is 0.101. The Labute approximate surface area is 161 Å². The zero-order valence-electron chi connectivity index (χ0n) is 15.5. The van der Waals surface area contributed by atoms with E-state index < -0.39 is 0 Å². The van der Waals surface area contributed by atoms with Gasteiger partial charge in [-0.1, -0.05) is 19.1 Å². The highest BCUT2D eigenvalue weighted by molar-refractivity contribution is 6.01. The molecule has 0 aliphatic rings. The zero-order valence-corrected chi connectivity index (χ0v) is 15.5. The quantitative estimate of drug-likeness (QED) is 0.587. The first-order valence-electron chi connectivity index (χ1n) is 8.91. The summed E-state index contributed by atoms with van der Waals surface area (Å²) in [6.07, 6.45) is 7.64. The molecule has 0 aliphatic carbocycles. The van der Waals surface area contributed by atoms with Crippen LogP contribution in [0.25, 0.3) is 22.3 Å². The molecule has 0 saturated carbocycles. The number of benzene rings is 1. The first-order valence-corrected chi connectivity index (χ1v) is 8.91. The Morgan fingerprint density at radius 3 is 2.86 bits per heavy atom. The minimum absolute atomic E-state index is 0.327. The topological polar surface area (TPSA) is 72.7 Å². The number of carbonyl (C=O) groups is 1. The SMILES string of the molecule is CCc1cn(NC(=O)c2cnc(-c3cccc(F)c3)nc2C)c2cnccc12. The van der Waals surface area contributed by atoms with Gasteiger partial charge in [0.2, 0.25) is 0 Å². The van der Waals surface area contributed by atoms with Crippen molar-refractivity contribution in [2.45, 2.75) is 20.3 Å². The number of fused-ring (bicyclic) bond motifs is 1. The average Bonchev–Trinajstić information content (AvgIpc) is 3.05. The molecule has 0 atom stereocenters. The fraction of sp³-hybridized carbons (Fsp3) is 0.143. The summed E-state index contributed by atoms with van der Waals surface area (Å²) in [6.45, 7) is 3.79. The minimum Gasteiger partial charge on any atom is -0.267 e. The lowest BCUT2D eigenvalue weighted by Gasteiger charge is -2.10. The van der Waals surface area contributed by atoms with Gasteiger partial charge in [0.05, 0.1) is 23.0 Å². The Hall–Kier alpha value is -3.61. The van der Waals surface area contributed by atoms with E-state index in [1.165, 1.54) is 18.3 Å². The summed E-state index contributed by atoms with van der Waals surface area (Å²) in [5.41, 5.74) is 6.22. The molecule has 7 heteroatoms. The molecular weight excluding hydrogens is 357 g/mol. The summed E-state index contributed by atoms with van der Waals surface area (Å²) >= 11 is 0. The molecule has 1 amide bonds. The fourth-order valence-electron chi connectivity index (χ4n) is 3.15. The predicted octanol–water partition coefficient (Wildman–Crippen LogP) is 3.89. The second kappa shape index (κ2) is 7.19. The van der Waals surface area contributed by atoms with Gasteiger partial charge in [-0.05, 0) is 37.1 Å². The number of aryl methyl sites for hydroxylation is 2. The van der Waals surface area contributed by atoms with E-state index in [0.29, 0.717) is 22.6 Å². The van der Waals surface area contributed by atoms with Gasteiger partial charge in [0.1, 0.15) is 5.82 Å². The van der Waals surface area contributed by atoms with Crippen LogP contribution in [0.3, 0.4) is 0 Å². The summed E-state index contributed by atoms with van der Waals surface area (Å²) in [5, 5.41) is 1.05. The molecule has 0 spiro atoms. The monoisotopic (exact) mass is 375 g/mol. The molecule has 4 aromatic rings. The van der Waals surface area contributed by atoms with Crippen LogP contribution in [0.1, 0.15) is 28.5 Å². The van der Waals surface area contributed by atoms with E-state index in [9.17, 15) is 9.18 Å². The summed E-state index contributed by atoms with van der Waals surface area (Å²) < 4.78 is 15.1. The maximum absolute atomic E-state index is 13.4. The van der Waals surface area contributed by atoms with Gasteiger partial charge in [0.25, 0.3) is 5.91 Å². The van der Waals surface area contributed by atoms with Crippen molar-refractivity contribution in [2.24, 2.45) is 0 Å². The van der Waals surface area contributed by atoms with Crippen molar-refractivity contribution in [3.05, 3.63) is 77.8 Å². The highest BCUT2D eigenvalue weighted by atomic mass is 19.1. The molecule has 4 rings (SSSR count). The lowest BCUT2D eigenvalue weighted by Crippen LogP contribution is -2.23. The summed E-state index contributed by atoms with van der Waals surface area (Å²) in [6, 6.07) is 7.97. The number of hydrogen-bond acceptors (Lipinski definition) is 4. The first-order chi connectivity index (χ1) is 13.6. The van der Waals surface area contributed by atoms with Gasteiger partial charge in [0, 0.05) is 29.5 Å². The van der Waals surface area contributed by atoms with Crippen molar-refractivity contribution < 1.29 is 9.18 Å². The van der Waals surface area contributed by atoms with Crippen LogP contribution >= 0.6 is 0 Å². The standard InChI is InChI=1S/C21H18FN5O/c1-3-14-12-27(19-11-23-8-7-17(14)19)26-21(28)18-10-24-20(25-13(18)2)15-5-4-6-16(22)9-15/h4-12H,3H2,1-2H3,(H,26,28). The highest BCUT2D eigenvalue weighted by Crippen LogP contribution is 2.21. The molecule has 3 heterocycles. The summed E-state index contributed by atoms with van der Waals surface area (Å²) in [7, 11) is 0. The third-order valence-electron chi connectivity index (χ3n) is 4.60. The number of amides is 1. The Balaban J connectivity index is 1.64. The normalized spacial score (nSPS) is 11.0. The van der Waals surface area contributed by atoms with Crippen molar-refractivity contribution >= 4 is 16.8 Å². The largest absolute Gasteiger partial charge is 0.273 e. The van der Waals surface area contributed by atoms with Gasteiger partial charge in [0.15, 0.2) is 5.82 Å². The van der Waals surface area contributed by atoms with Crippen molar-refractivity contribution in [1.82, 2.24) is 19.6 Å². The second-order valence-corrected chi connectivity index (χ2v) is 6.41. The van der Waals surface area contributed by atoms with Gasteiger partial charge in [-0.25, -0.2) is 14.4 Å². The second-order valence-electron chi connectivity index (χ2n) is 6.41. The van der Waals surface area contributed by atoms with E-state index in [1.807, 2.05) is 12.3 Å². The summed E-state index contributed by atoms with van der Waals surface area (Å²) in [5.74, 6) is -0.315. The number of nitrogens with one attached hydrogen (secondary N) is 1. The maximum Gasteiger partial charge on any atom is 0.273 e. The maximum atomic E-state index is 13.4. The van der Waals surface area contributed by atoms with Crippen LogP contribution in [0, 0.1) is 12.7 Å². The van der Waals surface area contributed by atoms with E-state index in [0.717, 1.165) is 22.9 Å². The van der Waals surface area contributed by atoms with E-state index in [2.05, 4.69) is 27.3 Å². The molecule has 0 fully saturated rings. The molecule has 28 heavy (non-hydrogen) atoms. The van der Waals surface area contributed by atoms with Crippen LogP contribution in [0.4, 0.5) is 4.39 Å². The molecule has 0 saturated heterocycles. The van der Waals surface area contributed by atoms with Crippen molar-refractivity contribution in [3.8, 4) is 11.4 Å². The molecule has 3 aromatic heterocycles. The molecule has 6 nitrogen and oxygen atoms in total. The number of hydrogen-bond donors (Lipinski definition) is 1. The fourth-order valence-corrected chi connectivity index (χ4v) is 3.15. The van der Waals surface area contributed by atoms with E-state index in [4.69, 9.17) is 0 Å². The molecule has 1 N–H and O–H groups in total. The van der Waals surface area contributed by atoms with Crippen LogP contribution in [0.5, 0.6) is 0 Å². The van der Waals surface area contributed by atoms with E-state index in [-0.39, 0.29) is 11.7 Å². The predicted molar refractivity (Wildman–Crippen MR) is 105 cm³/mol. The molecule has 0 radical (unpaired) electrons. The number of carbonyl (C=O) groups excluding carboxylic acids is 1. The summed E-state index contributed by atoms with van der Waals surface area (Å²) in [4.78, 5) is 25.5. The zero-order chi connectivity index (χ0) is 19.7. The Bertz CT molecular complexity index is 1180. The first kappa shape index (κ1) is 17.8. The molecule has 1 aromatic carbocycles. The Kier molecular flexibility index (Phi) is 4.57. The van der Waals surface area contributed by atoms with Crippen molar-refractivity contribution in [3.63, 3.8) is 0 Å². The molecule has 140 valence electrons. The van der Waals surface area contributed by atoms with Gasteiger partial charge in [-0.2, -0.15) is 0 Å². The Morgan fingerprint density at radius 2 is 2.11 bits per heavy atom. The highest BCUT2D eigenvalue weighted by Gasteiger charge is 2.15. The number of rotatable bonds is 4. The van der Waals surface area contributed by atoms with Crippen molar-refractivity contribution in [2.75, 3.05) is 5.43 Å². The van der Waals surface area contributed by atoms with Gasteiger partial charge >= 0.3 is 0 Å². The van der Waals surface area contributed by atoms with Crippen LogP contribution in [0.2, 0.25) is 0 Å². The van der Waals surface area contributed by atoms with Crippen LogP contribution in [0.15, 0.2) is 55.1 Å². The third-order valence-corrected chi connectivity index (χ3v) is 4.60. The van der Waals surface area contributed by atoms with Crippen LogP contribution in [-0.4, -0.2) is 25.5 Å². The number of pyridine rings is 1. The number of nitrogens with zero attached hydrogens (tertiary/aromatic N) is 4. The molecule has 0 unspecified atom stereocenters. The average molecular weight is 375 g/mol. The number of aromatic nitrogens is 4. The smallest absolute Gasteiger partial charge is 0.267 e. The van der Waals surface area contributed by atoms with Gasteiger partial charge in [-0.3, -0.25) is 19.9 Å². The van der Waals surface area contributed by atoms with Crippen LogP contribution < -0.4 is 5.43 Å². The van der Waals surface area contributed by atoms with Crippen molar-refractivity contribution in [1.29, 1.82) is 0 Å². The van der Waals surface area contributed by atoms with E-state index in [1.54, 1.807) is 36.1 Å².